The van der Waals surface area contributed by atoms with Gasteiger partial charge in [-0.1, -0.05) is 20.8 Å². The molecule has 1 heterocycles. The van der Waals surface area contributed by atoms with Crippen molar-refractivity contribution in [3.63, 3.8) is 0 Å². The van der Waals surface area contributed by atoms with E-state index in [1.807, 2.05) is 13.0 Å². The van der Waals surface area contributed by atoms with E-state index in [1.165, 1.54) is 31.4 Å². The van der Waals surface area contributed by atoms with Crippen LogP contribution in [0, 0.1) is 18.3 Å². The maximum absolute atomic E-state index is 12.5. The van der Waals surface area contributed by atoms with Gasteiger partial charge in [0, 0.05) is 11.7 Å². The molecule has 0 unspecified atom stereocenters. The van der Waals surface area contributed by atoms with Gasteiger partial charge in [0.25, 0.3) is 0 Å². The van der Waals surface area contributed by atoms with Crippen LogP contribution in [0.15, 0.2) is 36.4 Å². The lowest BCUT2D eigenvalue weighted by Gasteiger charge is -2.40. The molecule has 2 atom stereocenters. The highest BCUT2D eigenvalue weighted by atomic mass is 19.4. The number of anilines is 2. The molecule has 0 amide bonds. The Kier molecular flexibility index (Phi) is 6.46. The minimum absolute atomic E-state index is 0.147. The van der Waals surface area contributed by atoms with Crippen LogP contribution in [0.5, 0.6) is 5.75 Å². The number of alkyl halides is 3. The summed E-state index contributed by atoms with van der Waals surface area (Å²) in [6, 6.07) is 9.36. The van der Waals surface area contributed by atoms with Gasteiger partial charge in [-0.05, 0) is 79.5 Å². The molecule has 1 aromatic heterocycles. The van der Waals surface area contributed by atoms with Crippen molar-refractivity contribution in [2.24, 2.45) is 11.3 Å². The smallest absolute Gasteiger partial charge is 0.465 e. The van der Waals surface area contributed by atoms with E-state index >= 15 is 0 Å². The first-order valence-electron chi connectivity index (χ1n) is 11.6. The highest BCUT2D eigenvalue weighted by Gasteiger charge is 2.35. The Balaban J connectivity index is 1.78. The fourth-order valence-corrected chi connectivity index (χ4v) is 5.45. The van der Waals surface area contributed by atoms with E-state index in [1.54, 1.807) is 6.07 Å². The Labute approximate surface area is 202 Å². The number of halogens is 3. The lowest BCUT2D eigenvalue weighted by molar-refractivity contribution is -0.274. The van der Waals surface area contributed by atoms with Crippen LogP contribution in [0.1, 0.15) is 62.0 Å². The number of hydrogen-bond acceptors (Lipinski definition) is 5. The summed E-state index contributed by atoms with van der Waals surface area (Å²) in [4.78, 5) is 17.1. The van der Waals surface area contributed by atoms with Crippen LogP contribution in [-0.4, -0.2) is 29.0 Å². The molecule has 1 saturated carbocycles. The summed E-state index contributed by atoms with van der Waals surface area (Å²) in [6.07, 6.45) is -1.69. The standard InChI is InChI=1S/C26H30F3N3O3/c1-15-12-18(14-25(3,4)13-15)32-21-11-10-20(23(33)34-5)16(2)22(21)31-24(32)30-17-6-8-19(9-7-17)35-26(27,28)29/h6-11,15,18H,12-14H2,1-5H3,(H,30,31)/t15-,18+/m0/s1. The van der Waals surface area contributed by atoms with Gasteiger partial charge in [0.15, 0.2) is 0 Å². The number of nitrogens with zero attached hydrogens (tertiary/aromatic N) is 2. The molecule has 0 aliphatic heterocycles. The average molecular weight is 490 g/mol. The second kappa shape index (κ2) is 9.09. The molecule has 1 N–H and O–H groups in total. The summed E-state index contributed by atoms with van der Waals surface area (Å²) in [6.45, 7) is 8.62. The van der Waals surface area contributed by atoms with E-state index < -0.39 is 12.3 Å². The Morgan fingerprint density at radius 1 is 1.14 bits per heavy atom. The van der Waals surface area contributed by atoms with Crippen molar-refractivity contribution < 1.29 is 27.4 Å². The van der Waals surface area contributed by atoms with E-state index in [4.69, 9.17) is 9.72 Å². The number of imidazole rings is 1. The zero-order chi connectivity index (χ0) is 25.5. The van der Waals surface area contributed by atoms with Gasteiger partial charge in [0.05, 0.1) is 23.7 Å². The summed E-state index contributed by atoms with van der Waals surface area (Å²) < 4.78 is 48.7. The highest BCUT2D eigenvalue weighted by Crippen LogP contribution is 2.46. The first-order chi connectivity index (χ1) is 16.4. The van der Waals surface area contributed by atoms with Gasteiger partial charge in [-0.3, -0.25) is 0 Å². The van der Waals surface area contributed by atoms with E-state index in [9.17, 15) is 18.0 Å². The summed E-state index contributed by atoms with van der Waals surface area (Å²) in [7, 11) is 1.34. The van der Waals surface area contributed by atoms with Crippen molar-refractivity contribution in [1.82, 2.24) is 9.55 Å². The molecular formula is C26H30F3N3O3. The second-order valence-corrected chi connectivity index (χ2v) is 10.2. The number of nitrogens with one attached hydrogen (secondary N) is 1. The number of carbonyl (C=O) groups is 1. The van der Waals surface area contributed by atoms with Gasteiger partial charge in [-0.25, -0.2) is 9.78 Å². The molecule has 0 radical (unpaired) electrons. The van der Waals surface area contributed by atoms with Gasteiger partial charge in [-0.2, -0.15) is 0 Å². The monoisotopic (exact) mass is 489 g/mol. The molecular weight excluding hydrogens is 459 g/mol. The topological polar surface area (TPSA) is 65.4 Å². The molecule has 0 bridgehead atoms. The zero-order valence-electron chi connectivity index (χ0n) is 20.5. The fraction of sp³-hybridized carbons (Fsp3) is 0.462. The number of fused-ring (bicyclic) bond motifs is 1. The molecule has 9 heteroatoms. The van der Waals surface area contributed by atoms with Crippen LogP contribution < -0.4 is 10.1 Å². The first-order valence-corrected chi connectivity index (χ1v) is 11.6. The summed E-state index contributed by atoms with van der Waals surface area (Å²) in [5, 5.41) is 3.28. The minimum Gasteiger partial charge on any atom is -0.465 e. The van der Waals surface area contributed by atoms with Crippen molar-refractivity contribution >= 4 is 28.6 Å². The molecule has 35 heavy (non-hydrogen) atoms. The van der Waals surface area contributed by atoms with Crippen molar-refractivity contribution in [1.29, 1.82) is 0 Å². The van der Waals surface area contributed by atoms with E-state index in [0.717, 1.165) is 24.8 Å². The van der Waals surface area contributed by atoms with E-state index in [0.29, 0.717) is 34.2 Å². The van der Waals surface area contributed by atoms with Gasteiger partial charge < -0.3 is 19.4 Å². The van der Waals surface area contributed by atoms with E-state index in [2.05, 4.69) is 35.4 Å². The van der Waals surface area contributed by atoms with Crippen molar-refractivity contribution in [3.8, 4) is 5.75 Å². The predicted molar refractivity (Wildman–Crippen MR) is 128 cm³/mol. The molecule has 2 aromatic carbocycles. The van der Waals surface area contributed by atoms with Crippen LogP contribution in [0.2, 0.25) is 0 Å². The van der Waals surface area contributed by atoms with Gasteiger partial charge in [0.2, 0.25) is 5.95 Å². The molecule has 0 spiro atoms. The number of esters is 1. The first kappa shape index (κ1) is 24.9. The Morgan fingerprint density at radius 2 is 1.83 bits per heavy atom. The highest BCUT2D eigenvalue weighted by molar-refractivity contribution is 5.97. The Hall–Kier alpha value is -3.23. The van der Waals surface area contributed by atoms with Gasteiger partial charge in [-0.15, -0.1) is 13.2 Å². The predicted octanol–water partition coefficient (Wildman–Crippen LogP) is 7.16. The van der Waals surface area contributed by atoms with Crippen LogP contribution in [0.25, 0.3) is 11.0 Å². The van der Waals surface area contributed by atoms with Crippen LogP contribution in [0.4, 0.5) is 24.8 Å². The molecule has 4 rings (SSSR count). The summed E-state index contributed by atoms with van der Waals surface area (Å²) in [5.41, 5.74) is 3.46. The number of ether oxygens (including phenoxy) is 2. The van der Waals surface area contributed by atoms with Crippen LogP contribution in [0.3, 0.4) is 0 Å². The molecule has 188 valence electrons. The third kappa shape index (κ3) is 5.39. The number of hydrogen-bond donors (Lipinski definition) is 1. The number of benzene rings is 2. The molecule has 1 fully saturated rings. The molecule has 3 aromatic rings. The van der Waals surface area contributed by atoms with E-state index in [-0.39, 0.29) is 17.2 Å². The number of aromatic nitrogens is 2. The van der Waals surface area contributed by atoms with Gasteiger partial charge in [0.1, 0.15) is 5.75 Å². The van der Waals surface area contributed by atoms with Crippen molar-refractivity contribution in [2.45, 2.75) is 59.4 Å². The maximum atomic E-state index is 12.5. The second-order valence-electron chi connectivity index (χ2n) is 10.2. The van der Waals surface area contributed by atoms with Crippen LogP contribution in [-0.2, 0) is 4.74 Å². The molecule has 6 nitrogen and oxygen atoms in total. The quantitative estimate of drug-likeness (QED) is 0.385. The maximum Gasteiger partial charge on any atom is 0.573 e. The zero-order valence-corrected chi connectivity index (χ0v) is 20.5. The third-order valence-electron chi connectivity index (χ3n) is 6.59. The molecule has 1 aliphatic rings. The Morgan fingerprint density at radius 3 is 2.43 bits per heavy atom. The summed E-state index contributed by atoms with van der Waals surface area (Å²) >= 11 is 0. The lowest BCUT2D eigenvalue weighted by atomic mass is 9.70. The number of aryl methyl sites for hydroxylation is 1. The third-order valence-corrected chi connectivity index (χ3v) is 6.59. The fourth-order valence-electron chi connectivity index (χ4n) is 5.45. The largest absolute Gasteiger partial charge is 0.573 e. The van der Waals surface area contributed by atoms with Gasteiger partial charge >= 0.3 is 12.3 Å². The average Bonchev–Trinajstić information content (AvgIpc) is 3.11. The van der Waals surface area contributed by atoms with Crippen molar-refractivity contribution in [2.75, 3.05) is 12.4 Å². The SMILES string of the molecule is COC(=O)c1ccc2c(nc(Nc3ccc(OC(F)(F)F)cc3)n2[C@@H]2C[C@H](C)CC(C)(C)C2)c1C. The summed E-state index contributed by atoms with van der Waals surface area (Å²) in [5.74, 6) is 0.368. The number of methoxy groups -OCH3 is 1. The molecule has 0 saturated heterocycles. The minimum atomic E-state index is -4.75. The number of carbonyl (C=O) groups excluding carboxylic acids is 1. The lowest BCUT2D eigenvalue weighted by Crippen LogP contribution is -2.29. The van der Waals surface area contributed by atoms with Crippen LogP contribution >= 0.6 is 0 Å². The number of rotatable bonds is 5. The van der Waals surface area contributed by atoms with Crippen molar-refractivity contribution in [3.05, 3.63) is 47.5 Å². The molecule has 1 aliphatic carbocycles. The normalized spacial score (nSPS) is 20.0. The Bertz CT molecular complexity index is 1230.